The summed E-state index contributed by atoms with van der Waals surface area (Å²) >= 11 is 0. The Labute approximate surface area is 112 Å². The summed E-state index contributed by atoms with van der Waals surface area (Å²) in [6, 6.07) is 15.0. The average Bonchev–Trinajstić information content (AvgIpc) is 2.45. The van der Waals surface area contributed by atoms with Crippen molar-refractivity contribution >= 4 is 11.5 Å². The molecule has 0 aliphatic heterocycles. The molecule has 0 aliphatic rings. The van der Waals surface area contributed by atoms with E-state index < -0.39 is 0 Å². The lowest BCUT2D eigenvalue weighted by Crippen LogP contribution is -2.12. The molecule has 1 aromatic carbocycles. The van der Waals surface area contributed by atoms with Crippen molar-refractivity contribution in [1.82, 2.24) is 4.98 Å². The molecule has 4 heteroatoms. The van der Waals surface area contributed by atoms with Crippen molar-refractivity contribution in [2.75, 3.05) is 11.9 Å². The van der Waals surface area contributed by atoms with Gasteiger partial charge < -0.3 is 4.90 Å². The lowest BCUT2D eigenvalue weighted by atomic mass is 10.2. The minimum absolute atomic E-state index is 0.575. The summed E-state index contributed by atoms with van der Waals surface area (Å²) in [7, 11) is 1.86. The van der Waals surface area contributed by atoms with Crippen molar-refractivity contribution in [3.05, 3.63) is 53.2 Å². The number of nitrogens with zero attached hydrogens (tertiary/aromatic N) is 4. The average molecular weight is 248 g/mol. The second-order valence-corrected chi connectivity index (χ2v) is 4.19. The molecular weight excluding hydrogens is 236 g/mol. The topological polar surface area (TPSA) is 63.7 Å². The maximum absolute atomic E-state index is 8.98. The quantitative estimate of drug-likeness (QED) is 0.819. The highest BCUT2D eigenvalue weighted by Gasteiger charge is 2.08. The fourth-order valence-electron chi connectivity index (χ4n) is 1.80. The maximum Gasteiger partial charge on any atom is 0.134 e. The van der Waals surface area contributed by atoms with Crippen LogP contribution in [0.4, 0.5) is 11.5 Å². The number of nitriles is 2. The molecule has 0 bridgehead atoms. The normalized spacial score (nSPS) is 9.47. The first-order valence-electron chi connectivity index (χ1n) is 5.76. The minimum atomic E-state index is 0.575. The van der Waals surface area contributed by atoms with Gasteiger partial charge in [0.1, 0.15) is 5.82 Å². The molecular formula is C15H12N4. The van der Waals surface area contributed by atoms with E-state index in [2.05, 4.69) is 17.1 Å². The summed E-state index contributed by atoms with van der Waals surface area (Å²) in [6.07, 6.45) is 0. The Hall–Kier alpha value is -2.85. The van der Waals surface area contributed by atoms with Gasteiger partial charge in [-0.3, -0.25) is 0 Å². The molecule has 0 atom stereocenters. The highest BCUT2D eigenvalue weighted by atomic mass is 15.2. The SMILES string of the molecule is Cc1cc(C#N)cc(N(C)c2cccc(C#N)c2)n1. The van der Waals surface area contributed by atoms with Crippen LogP contribution in [0.25, 0.3) is 0 Å². The molecule has 0 radical (unpaired) electrons. The molecule has 0 fully saturated rings. The Morgan fingerprint density at radius 2 is 1.79 bits per heavy atom. The van der Waals surface area contributed by atoms with Crippen molar-refractivity contribution < 1.29 is 0 Å². The zero-order valence-electron chi connectivity index (χ0n) is 10.8. The zero-order valence-corrected chi connectivity index (χ0v) is 10.8. The van der Waals surface area contributed by atoms with E-state index in [4.69, 9.17) is 10.5 Å². The van der Waals surface area contributed by atoms with Crippen molar-refractivity contribution in [3.8, 4) is 12.1 Å². The van der Waals surface area contributed by atoms with Crippen LogP contribution in [0.1, 0.15) is 16.8 Å². The second-order valence-electron chi connectivity index (χ2n) is 4.19. The fourth-order valence-corrected chi connectivity index (χ4v) is 1.80. The van der Waals surface area contributed by atoms with Crippen LogP contribution < -0.4 is 4.90 Å². The first kappa shape index (κ1) is 12.6. The van der Waals surface area contributed by atoms with Crippen LogP contribution in [0.3, 0.4) is 0 Å². The Bertz CT molecular complexity index is 692. The predicted molar refractivity (Wildman–Crippen MR) is 72.9 cm³/mol. The van der Waals surface area contributed by atoms with Gasteiger partial charge in [0.05, 0.1) is 23.3 Å². The Morgan fingerprint density at radius 3 is 2.47 bits per heavy atom. The van der Waals surface area contributed by atoms with E-state index in [9.17, 15) is 0 Å². The molecule has 2 aromatic rings. The molecule has 19 heavy (non-hydrogen) atoms. The van der Waals surface area contributed by atoms with Crippen molar-refractivity contribution in [2.24, 2.45) is 0 Å². The van der Waals surface area contributed by atoms with Gasteiger partial charge in [0.2, 0.25) is 0 Å². The molecule has 0 unspecified atom stereocenters. The van der Waals surface area contributed by atoms with E-state index >= 15 is 0 Å². The number of hydrogen-bond acceptors (Lipinski definition) is 4. The lowest BCUT2D eigenvalue weighted by Gasteiger charge is -2.19. The number of aromatic nitrogens is 1. The predicted octanol–water partition coefficient (Wildman–Crippen LogP) is 2.90. The number of pyridine rings is 1. The summed E-state index contributed by atoms with van der Waals surface area (Å²) in [4.78, 5) is 6.26. The molecule has 0 N–H and O–H groups in total. The Kier molecular flexibility index (Phi) is 3.45. The number of hydrogen-bond donors (Lipinski definition) is 0. The summed E-state index contributed by atoms with van der Waals surface area (Å²) in [5.41, 5.74) is 2.82. The molecule has 4 nitrogen and oxygen atoms in total. The van der Waals surface area contributed by atoms with E-state index in [-0.39, 0.29) is 0 Å². The van der Waals surface area contributed by atoms with Crippen LogP contribution in [0.5, 0.6) is 0 Å². The zero-order chi connectivity index (χ0) is 13.8. The van der Waals surface area contributed by atoms with Crippen LogP contribution in [0.15, 0.2) is 36.4 Å². The Morgan fingerprint density at radius 1 is 1.05 bits per heavy atom. The highest BCUT2D eigenvalue weighted by Crippen LogP contribution is 2.23. The molecule has 1 aromatic heterocycles. The number of rotatable bonds is 2. The van der Waals surface area contributed by atoms with Gasteiger partial charge in [0, 0.05) is 18.4 Å². The van der Waals surface area contributed by atoms with Gasteiger partial charge in [0.25, 0.3) is 0 Å². The molecule has 0 aliphatic carbocycles. The fraction of sp³-hybridized carbons (Fsp3) is 0.133. The number of aryl methyl sites for hydroxylation is 1. The standard InChI is InChI=1S/C15H12N4/c1-11-6-13(10-17)8-15(18-11)19(2)14-5-3-4-12(7-14)9-16/h3-8H,1-2H3. The van der Waals surface area contributed by atoms with Crippen LogP contribution in [0.2, 0.25) is 0 Å². The second kappa shape index (κ2) is 5.20. The smallest absolute Gasteiger partial charge is 0.134 e. The van der Waals surface area contributed by atoms with Gasteiger partial charge in [-0.15, -0.1) is 0 Å². The number of anilines is 2. The summed E-state index contributed by atoms with van der Waals surface area (Å²) in [5, 5.41) is 17.9. The first-order valence-corrected chi connectivity index (χ1v) is 5.76. The third-order valence-corrected chi connectivity index (χ3v) is 2.78. The van der Waals surface area contributed by atoms with Crippen molar-refractivity contribution in [2.45, 2.75) is 6.92 Å². The largest absolute Gasteiger partial charge is 0.329 e. The van der Waals surface area contributed by atoms with E-state index in [1.54, 1.807) is 24.3 Å². The van der Waals surface area contributed by atoms with Gasteiger partial charge in [-0.1, -0.05) is 6.07 Å². The van der Waals surface area contributed by atoms with E-state index in [0.29, 0.717) is 16.9 Å². The summed E-state index contributed by atoms with van der Waals surface area (Å²) in [5.74, 6) is 0.687. The van der Waals surface area contributed by atoms with Gasteiger partial charge in [-0.25, -0.2) is 4.98 Å². The molecule has 2 rings (SSSR count). The summed E-state index contributed by atoms with van der Waals surface area (Å²) in [6.45, 7) is 1.85. The molecule has 0 saturated heterocycles. The van der Waals surface area contributed by atoms with E-state index in [1.807, 2.05) is 31.0 Å². The van der Waals surface area contributed by atoms with Crippen molar-refractivity contribution in [3.63, 3.8) is 0 Å². The first-order chi connectivity index (χ1) is 9.13. The van der Waals surface area contributed by atoms with E-state index in [0.717, 1.165) is 11.4 Å². The highest BCUT2D eigenvalue weighted by molar-refractivity contribution is 5.62. The third-order valence-electron chi connectivity index (χ3n) is 2.78. The number of benzene rings is 1. The third kappa shape index (κ3) is 2.70. The van der Waals surface area contributed by atoms with Crippen LogP contribution in [-0.4, -0.2) is 12.0 Å². The molecule has 0 amide bonds. The maximum atomic E-state index is 8.98. The molecule has 92 valence electrons. The van der Waals surface area contributed by atoms with Crippen molar-refractivity contribution in [1.29, 1.82) is 10.5 Å². The summed E-state index contributed by atoms with van der Waals surface area (Å²) < 4.78 is 0. The lowest BCUT2D eigenvalue weighted by molar-refractivity contribution is 1.09. The van der Waals surface area contributed by atoms with Gasteiger partial charge in [-0.05, 0) is 37.3 Å². The van der Waals surface area contributed by atoms with Gasteiger partial charge in [-0.2, -0.15) is 10.5 Å². The van der Waals surface area contributed by atoms with Crippen LogP contribution in [-0.2, 0) is 0 Å². The van der Waals surface area contributed by atoms with Crippen LogP contribution in [0, 0.1) is 29.6 Å². The molecule has 1 heterocycles. The Balaban J connectivity index is 2.44. The monoisotopic (exact) mass is 248 g/mol. The van der Waals surface area contributed by atoms with E-state index in [1.165, 1.54) is 0 Å². The minimum Gasteiger partial charge on any atom is -0.329 e. The molecule has 0 saturated carbocycles. The molecule has 0 spiro atoms. The van der Waals surface area contributed by atoms with Gasteiger partial charge in [0.15, 0.2) is 0 Å². The van der Waals surface area contributed by atoms with Crippen LogP contribution >= 0.6 is 0 Å². The van der Waals surface area contributed by atoms with Gasteiger partial charge >= 0.3 is 0 Å².